The van der Waals surface area contributed by atoms with Crippen LogP contribution in [0.15, 0.2) is 33.4 Å². The first-order valence-corrected chi connectivity index (χ1v) is 11.0. The third-order valence-corrected chi connectivity index (χ3v) is 5.55. The number of thioether (sulfide) groups is 1. The van der Waals surface area contributed by atoms with E-state index in [2.05, 4.69) is 4.99 Å². The van der Waals surface area contributed by atoms with E-state index in [0.717, 1.165) is 11.8 Å². The average molecular weight is 531 g/mol. The number of esters is 1. The van der Waals surface area contributed by atoms with Crippen LogP contribution in [-0.2, 0) is 14.3 Å². The number of amides is 1. The third-order valence-electron chi connectivity index (χ3n) is 3.71. The Morgan fingerprint density at radius 2 is 1.93 bits per heavy atom. The van der Waals surface area contributed by atoms with Gasteiger partial charge >= 0.3 is 5.97 Å². The van der Waals surface area contributed by atoms with Gasteiger partial charge in [0.1, 0.15) is 16.4 Å². The highest BCUT2D eigenvalue weighted by molar-refractivity contribution is 14.1. The van der Waals surface area contributed by atoms with E-state index in [1.807, 2.05) is 29.5 Å². The fourth-order valence-corrected chi connectivity index (χ4v) is 4.13. The lowest BCUT2D eigenvalue weighted by atomic mass is 10.1. The van der Waals surface area contributed by atoms with Crippen molar-refractivity contribution in [2.75, 3.05) is 13.2 Å². The molecule has 0 spiro atoms. The number of ether oxygens (including phenoxy) is 2. The Morgan fingerprint density at radius 1 is 1.21 bits per heavy atom. The standard InChI is InChI=1S/C20H22INO6S/c1-4-7-15(23)22-19-16(20(26)28-6-3)18(25)14(29-19)10-11-8-12(21)17(24)13(9-11)27-5-2/h8-10,24-25H,4-7H2,1-3H3/b14-10-,22-19?. The second-order valence-corrected chi connectivity index (χ2v) is 8.09. The monoisotopic (exact) mass is 531 g/mol. The summed E-state index contributed by atoms with van der Waals surface area (Å²) in [6.45, 7) is 5.82. The largest absolute Gasteiger partial charge is 0.506 e. The van der Waals surface area contributed by atoms with E-state index >= 15 is 0 Å². The lowest BCUT2D eigenvalue weighted by Gasteiger charge is -2.09. The van der Waals surface area contributed by atoms with Crippen molar-refractivity contribution in [3.05, 3.63) is 37.5 Å². The quantitative estimate of drug-likeness (QED) is 0.392. The fraction of sp³-hybridized carbons (Fsp3) is 0.350. The molecule has 0 bridgehead atoms. The van der Waals surface area contributed by atoms with Crippen LogP contribution < -0.4 is 4.74 Å². The van der Waals surface area contributed by atoms with E-state index < -0.39 is 5.97 Å². The SMILES string of the molecule is CCCC(=O)N=C1S/C(=C\c2cc(I)c(O)c(OCC)c2)C(O)=C1C(=O)OCC. The van der Waals surface area contributed by atoms with Gasteiger partial charge in [0.15, 0.2) is 11.5 Å². The molecule has 0 fully saturated rings. The van der Waals surface area contributed by atoms with Crippen LogP contribution in [0.1, 0.15) is 39.2 Å². The van der Waals surface area contributed by atoms with Gasteiger partial charge in [-0.1, -0.05) is 18.7 Å². The maximum absolute atomic E-state index is 12.3. The van der Waals surface area contributed by atoms with E-state index in [-0.39, 0.29) is 41.1 Å². The first-order chi connectivity index (χ1) is 13.8. The molecule has 0 saturated carbocycles. The number of aliphatic imine (C=N–C) groups is 1. The highest BCUT2D eigenvalue weighted by Gasteiger charge is 2.33. The topological polar surface area (TPSA) is 105 Å². The minimum Gasteiger partial charge on any atom is -0.506 e. The minimum atomic E-state index is -0.737. The molecular formula is C20H22INO6S. The molecule has 0 aliphatic carbocycles. The summed E-state index contributed by atoms with van der Waals surface area (Å²) in [5.74, 6) is -1.05. The van der Waals surface area contributed by atoms with Gasteiger partial charge in [-0.25, -0.2) is 9.79 Å². The summed E-state index contributed by atoms with van der Waals surface area (Å²) < 4.78 is 11.0. The predicted molar refractivity (Wildman–Crippen MR) is 121 cm³/mol. The Kier molecular flexibility index (Phi) is 8.57. The van der Waals surface area contributed by atoms with E-state index in [9.17, 15) is 19.8 Å². The van der Waals surface area contributed by atoms with E-state index in [1.165, 1.54) is 0 Å². The maximum atomic E-state index is 12.3. The van der Waals surface area contributed by atoms with E-state index in [1.54, 1.807) is 32.1 Å². The first kappa shape index (κ1) is 23.3. The molecule has 1 aliphatic rings. The van der Waals surface area contributed by atoms with Crippen LogP contribution >= 0.6 is 34.4 Å². The minimum absolute atomic E-state index is 0.0352. The molecule has 1 amide bonds. The van der Waals surface area contributed by atoms with E-state index in [4.69, 9.17) is 9.47 Å². The Morgan fingerprint density at radius 3 is 2.55 bits per heavy atom. The van der Waals surface area contributed by atoms with Gasteiger partial charge in [-0.15, -0.1) is 0 Å². The molecule has 0 aromatic heterocycles. The summed E-state index contributed by atoms with van der Waals surface area (Å²) in [5.41, 5.74) is 0.528. The maximum Gasteiger partial charge on any atom is 0.344 e. The molecule has 1 heterocycles. The van der Waals surface area contributed by atoms with Crippen molar-refractivity contribution in [1.82, 2.24) is 0 Å². The second-order valence-electron chi connectivity index (χ2n) is 5.90. The summed E-state index contributed by atoms with van der Waals surface area (Å²) in [6.07, 6.45) is 2.50. The van der Waals surface area contributed by atoms with Crippen LogP contribution in [0.3, 0.4) is 0 Å². The average Bonchev–Trinajstić information content (AvgIpc) is 2.94. The number of phenolic OH excluding ortho intramolecular Hbond substituents is 1. The summed E-state index contributed by atoms with van der Waals surface area (Å²) in [7, 11) is 0. The smallest absolute Gasteiger partial charge is 0.344 e. The molecule has 9 heteroatoms. The van der Waals surface area contributed by atoms with Gasteiger partial charge in [0.25, 0.3) is 0 Å². The second kappa shape index (κ2) is 10.7. The van der Waals surface area contributed by atoms with Crippen LogP contribution in [0.25, 0.3) is 6.08 Å². The number of aromatic hydroxyl groups is 1. The highest BCUT2D eigenvalue weighted by atomic mass is 127. The van der Waals surface area contributed by atoms with Crippen molar-refractivity contribution in [1.29, 1.82) is 0 Å². The molecule has 1 aromatic rings. The number of hydrogen-bond acceptors (Lipinski definition) is 7. The summed E-state index contributed by atoms with van der Waals surface area (Å²) in [6, 6.07) is 3.34. The Bertz CT molecular complexity index is 906. The van der Waals surface area contributed by atoms with Crippen molar-refractivity contribution in [2.24, 2.45) is 4.99 Å². The van der Waals surface area contributed by atoms with Gasteiger partial charge in [0.2, 0.25) is 5.91 Å². The zero-order valence-corrected chi connectivity index (χ0v) is 19.3. The Balaban J connectivity index is 2.50. The van der Waals surface area contributed by atoms with Crippen LogP contribution in [0.5, 0.6) is 11.5 Å². The van der Waals surface area contributed by atoms with Crippen molar-refractivity contribution < 1.29 is 29.3 Å². The van der Waals surface area contributed by atoms with Gasteiger partial charge in [-0.2, -0.15) is 0 Å². The van der Waals surface area contributed by atoms with Crippen LogP contribution in [0, 0.1) is 3.57 Å². The Labute approximate surface area is 187 Å². The van der Waals surface area contributed by atoms with Crippen molar-refractivity contribution in [2.45, 2.75) is 33.6 Å². The number of halogens is 1. The number of aliphatic hydroxyl groups excluding tert-OH is 1. The molecule has 2 rings (SSSR count). The molecule has 2 N–H and O–H groups in total. The van der Waals surface area contributed by atoms with E-state index in [0.29, 0.717) is 32.8 Å². The Hall–Kier alpha value is -2.01. The first-order valence-electron chi connectivity index (χ1n) is 9.09. The molecule has 1 aliphatic heterocycles. The molecule has 0 unspecified atom stereocenters. The lowest BCUT2D eigenvalue weighted by molar-refractivity contribution is -0.138. The van der Waals surface area contributed by atoms with Crippen LogP contribution in [-0.4, -0.2) is 40.3 Å². The molecule has 7 nitrogen and oxygen atoms in total. The summed E-state index contributed by atoms with van der Waals surface area (Å²) in [4.78, 5) is 28.6. The number of aliphatic hydroxyl groups is 1. The predicted octanol–water partition coefficient (Wildman–Crippen LogP) is 4.58. The molecule has 1 aromatic carbocycles. The van der Waals surface area contributed by atoms with Gasteiger partial charge in [0, 0.05) is 6.42 Å². The zero-order valence-electron chi connectivity index (χ0n) is 16.3. The number of carbonyl (C=O) groups excluding carboxylic acids is 2. The number of rotatable bonds is 7. The van der Waals surface area contributed by atoms with Gasteiger partial charge in [-0.05, 0) is 66.6 Å². The summed E-state index contributed by atoms with van der Waals surface area (Å²) >= 11 is 3.00. The van der Waals surface area contributed by atoms with Crippen molar-refractivity contribution in [3.63, 3.8) is 0 Å². The number of hydrogen-bond donors (Lipinski definition) is 2. The third kappa shape index (κ3) is 5.75. The van der Waals surface area contributed by atoms with Crippen molar-refractivity contribution in [3.8, 4) is 11.5 Å². The summed E-state index contributed by atoms with van der Waals surface area (Å²) in [5, 5.41) is 20.8. The molecular weight excluding hydrogens is 509 g/mol. The van der Waals surface area contributed by atoms with Gasteiger partial charge in [-0.3, -0.25) is 4.79 Å². The van der Waals surface area contributed by atoms with Crippen LogP contribution in [0.4, 0.5) is 0 Å². The molecule has 156 valence electrons. The molecule has 0 atom stereocenters. The molecule has 0 radical (unpaired) electrons. The number of carbonyl (C=O) groups is 2. The van der Waals surface area contributed by atoms with Gasteiger partial charge < -0.3 is 19.7 Å². The molecule has 29 heavy (non-hydrogen) atoms. The van der Waals surface area contributed by atoms with Crippen molar-refractivity contribution >= 4 is 57.3 Å². The normalized spacial score (nSPS) is 16.6. The number of nitrogens with zero attached hydrogens (tertiary/aromatic N) is 1. The fourth-order valence-electron chi connectivity index (χ4n) is 2.47. The molecule has 0 saturated heterocycles. The van der Waals surface area contributed by atoms with Gasteiger partial charge in [0.05, 0.1) is 21.7 Å². The zero-order chi connectivity index (χ0) is 21.6. The highest BCUT2D eigenvalue weighted by Crippen LogP contribution is 2.40. The number of benzene rings is 1. The number of phenols is 1. The van der Waals surface area contributed by atoms with Crippen LogP contribution in [0.2, 0.25) is 0 Å². The lowest BCUT2D eigenvalue weighted by Crippen LogP contribution is -2.14.